The summed E-state index contributed by atoms with van der Waals surface area (Å²) in [5.74, 6) is 1.40. The maximum absolute atomic E-state index is 11.6. The van der Waals surface area contributed by atoms with Crippen molar-refractivity contribution in [1.82, 2.24) is 0 Å². The van der Waals surface area contributed by atoms with Crippen molar-refractivity contribution in [3.63, 3.8) is 0 Å². The van der Waals surface area contributed by atoms with Crippen LogP contribution in [-0.4, -0.2) is 9.58 Å². The minimum Gasteiger partial charge on any atom is -0.448 e. The number of hydrogen-bond donors (Lipinski definition) is 0. The Kier molecular flexibility index (Phi) is 2.79. The smallest absolute Gasteiger partial charge is 0.309 e. The molecule has 2 rings (SSSR count). The number of hydrogen-bond acceptors (Lipinski definition) is 2. The summed E-state index contributed by atoms with van der Waals surface area (Å²) in [5.41, 5.74) is 0. The molecule has 0 aliphatic heterocycles. The van der Waals surface area contributed by atoms with E-state index in [2.05, 4.69) is 22.6 Å². The molecule has 2 aliphatic rings. The number of carbonyl (C=O) groups excluding carboxylic acids is 1. The minimum atomic E-state index is -0.165. The number of ether oxygens (including phenoxy) is 1. The third kappa shape index (κ3) is 1.79. The molecule has 3 unspecified atom stereocenters. The van der Waals surface area contributed by atoms with Crippen molar-refractivity contribution in [1.29, 1.82) is 0 Å². The highest BCUT2D eigenvalue weighted by Crippen LogP contribution is 2.56. The van der Waals surface area contributed by atoms with E-state index in [1.807, 2.05) is 13.8 Å². The zero-order chi connectivity index (χ0) is 10.3. The zero-order valence-corrected chi connectivity index (χ0v) is 10.9. The number of esters is 1. The van der Waals surface area contributed by atoms with Crippen LogP contribution in [0.15, 0.2) is 0 Å². The van der Waals surface area contributed by atoms with Crippen LogP contribution >= 0.6 is 22.6 Å². The van der Waals surface area contributed by atoms with Gasteiger partial charge >= 0.3 is 5.97 Å². The highest BCUT2D eigenvalue weighted by molar-refractivity contribution is 14.1. The lowest BCUT2D eigenvalue weighted by Gasteiger charge is -2.32. The topological polar surface area (TPSA) is 26.3 Å². The van der Waals surface area contributed by atoms with E-state index in [-0.39, 0.29) is 15.5 Å². The van der Waals surface area contributed by atoms with Crippen LogP contribution in [0.4, 0.5) is 0 Å². The SMILES string of the molecule is CC(C)C(=O)OC1(I)CC2CCC1C2. The lowest BCUT2D eigenvalue weighted by molar-refractivity contribution is -0.156. The molecule has 0 aromatic heterocycles. The van der Waals surface area contributed by atoms with Crippen LogP contribution < -0.4 is 0 Å². The Bertz CT molecular complexity index is 252. The van der Waals surface area contributed by atoms with Crippen LogP contribution in [0.25, 0.3) is 0 Å². The van der Waals surface area contributed by atoms with E-state index in [1.165, 1.54) is 19.3 Å². The molecular formula is C11H17IO2. The van der Waals surface area contributed by atoms with Crippen LogP contribution in [0.5, 0.6) is 0 Å². The van der Waals surface area contributed by atoms with Crippen LogP contribution in [0, 0.1) is 17.8 Å². The Morgan fingerprint density at radius 1 is 1.50 bits per heavy atom. The summed E-state index contributed by atoms with van der Waals surface area (Å²) in [6.45, 7) is 3.80. The van der Waals surface area contributed by atoms with E-state index in [4.69, 9.17) is 4.74 Å². The maximum Gasteiger partial charge on any atom is 0.309 e. The predicted molar refractivity (Wildman–Crippen MR) is 63.1 cm³/mol. The fraction of sp³-hybridized carbons (Fsp3) is 0.909. The van der Waals surface area contributed by atoms with E-state index in [0.29, 0.717) is 5.92 Å². The fourth-order valence-corrected chi connectivity index (χ4v) is 4.03. The fourth-order valence-electron chi connectivity index (χ4n) is 2.62. The second-order valence-electron chi connectivity index (χ2n) is 4.94. The number of fused-ring (bicyclic) bond motifs is 2. The molecule has 14 heavy (non-hydrogen) atoms. The molecule has 0 spiro atoms. The average Bonchev–Trinajstić information content (AvgIpc) is 2.62. The first-order chi connectivity index (χ1) is 6.51. The van der Waals surface area contributed by atoms with Gasteiger partial charge in [0.15, 0.2) is 3.61 Å². The molecule has 2 bridgehead atoms. The Labute approximate surface area is 98.9 Å². The third-order valence-corrected chi connectivity index (χ3v) is 5.00. The second kappa shape index (κ2) is 3.65. The molecule has 2 fully saturated rings. The average molecular weight is 308 g/mol. The maximum atomic E-state index is 11.6. The van der Waals surface area contributed by atoms with Gasteiger partial charge in [0.1, 0.15) is 0 Å². The van der Waals surface area contributed by atoms with Crippen LogP contribution in [0.2, 0.25) is 0 Å². The van der Waals surface area contributed by atoms with Gasteiger partial charge in [-0.3, -0.25) is 4.79 Å². The third-order valence-electron chi connectivity index (χ3n) is 3.46. The normalized spacial score (nSPS) is 40.6. The molecular weight excluding hydrogens is 291 g/mol. The lowest BCUT2D eigenvalue weighted by atomic mass is 9.97. The van der Waals surface area contributed by atoms with Crippen molar-refractivity contribution in [2.75, 3.05) is 0 Å². The van der Waals surface area contributed by atoms with Gasteiger partial charge in [-0.2, -0.15) is 0 Å². The Hall–Kier alpha value is 0.200. The van der Waals surface area contributed by atoms with Gasteiger partial charge in [-0.05, 0) is 54.2 Å². The molecule has 80 valence electrons. The Morgan fingerprint density at radius 2 is 2.21 bits per heavy atom. The first kappa shape index (κ1) is 10.7. The summed E-state index contributed by atoms with van der Waals surface area (Å²) >= 11 is 2.36. The van der Waals surface area contributed by atoms with Gasteiger partial charge < -0.3 is 4.74 Å². The van der Waals surface area contributed by atoms with Crippen molar-refractivity contribution in [2.45, 2.75) is 43.1 Å². The van der Waals surface area contributed by atoms with Gasteiger partial charge in [-0.15, -0.1) is 0 Å². The largest absolute Gasteiger partial charge is 0.448 e. The van der Waals surface area contributed by atoms with Crippen molar-refractivity contribution in [3.8, 4) is 0 Å². The predicted octanol–water partition coefficient (Wildman–Crippen LogP) is 3.14. The number of alkyl halides is 1. The molecule has 2 aliphatic carbocycles. The van der Waals surface area contributed by atoms with Crippen LogP contribution in [-0.2, 0) is 9.53 Å². The van der Waals surface area contributed by atoms with Crippen molar-refractivity contribution in [3.05, 3.63) is 0 Å². The molecule has 2 nitrogen and oxygen atoms in total. The Balaban J connectivity index is 2.00. The summed E-state index contributed by atoms with van der Waals surface area (Å²) in [7, 11) is 0. The summed E-state index contributed by atoms with van der Waals surface area (Å²) in [6, 6.07) is 0. The summed E-state index contributed by atoms with van der Waals surface area (Å²) < 4.78 is 5.48. The molecule has 0 radical (unpaired) electrons. The Morgan fingerprint density at radius 3 is 2.64 bits per heavy atom. The second-order valence-corrected chi connectivity index (χ2v) is 6.77. The summed E-state index contributed by atoms with van der Waals surface area (Å²) in [4.78, 5) is 11.6. The molecule has 0 N–H and O–H groups in total. The first-order valence-electron chi connectivity index (χ1n) is 5.43. The summed E-state index contributed by atoms with van der Waals surface area (Å²) in [5, 5.41) is 0. The van der Waals surface area contributed by atoms with E-state index in [1.54, 1.807) is 0 Å². The molecule has 2 saturated carbocycles. The lowest BCUT2D eigenvalue weighted by Crippen LogP contribution is -2.35. The van der Waals surface area contributed by atoms with Crippen LogP contribution in [0.3, 0.4) is 0 Å². The molecule has 0 amide bonds. The van der Waals surface area contributed by atoms with Gasteiger partial charge in [0.2, 0.25) is 0 Å². The molecule has 0 aromatic carbocycles. The molecule has 0 aromatic rings. The number of carbonyl (C=O) groups is 1. The standard InChI is InChI=1S/C11H17IO2/c1-7(2)10(13)14-11(12)6-8-3-4-9(11)5-8/h7-9H,3-6H2,1-2H3. The van der Waals surface area contributed by atoms with Gasteiger partial charge in [0, 0.05) is 5.92 Å². The van der Waals surface area contributed by atoms with Gasteiger partial charge in [0.25, 0.3) is 0 Å². The first-order valence-corrected chi connectivity index (χ1v) is 6.51. The van der Waals surface area contributed by atoms with Crippen molar-refractivity contribution in [2.24, 2.45) is 17.8 Å². The minimum absolute atomic E-state index is 0.000711. The van der Waals surface area contributed by atoms with E-state index in [9.17, 15) is 4.79 Å². The van der Waals surface area contributed by atoms with E-state index >= 15 is 0 Å². The van der Waals surface area contributed by atoms with Crippen molar-refractivity contribution >= 4 is 28.6 Å². The highest BCUT2D eigenvalue weighted by atomic mass is 127. The molecule has 3 heteroatoms. The van der Waals surface area contributed by atoms with E-state index < -0.39 is 0 Å². The number of halogens is 1. The van der Waals surface area contributed by atoms with Crippen LogP contribution in [0.1, 0.15) is 39.5 Å². The summed E-state index contributed by atoms with van der Waals surface area (Å²) in [6.07, 6.45) is 4.94. The van der Waals surface area contributed by atoms with Gasteiger partial charge in [-0.1, -0.05) is 13.8 Å². The van der Waals surface area contributed by atoms with Crippen molar-refractivity contribution < 1.29 is 9.53 Å². The highest BCUT2D eigenvalue weighted by Gasteiger charge is 2.52. The van der Waals surface area contributed by atoms with Gasteiger partial charge in [0.05, 0.1) is 5.92 Å². The molecule has 0 heterocycles. The van der Waals surface area contributed by atoms with E-state index in [0.717, 1.165) is 12.3 Å². The monoisotopic (exact) mass is 308 g/mol. The quantitative estimate of drug-likeness (QED) is 0.445. The zero-order valence-electron chi connectivity index (χ0n) is 8.75. The number of rotatable bonds is 2. The molecule has 3 atom stereocenters. The molecule has 0 saturated heterocycles. The van der Waals surface area contributed by atoms with Gasteiger partial charge in [-0.25, -0.2) is 0 Å².